The summed E-state index contributed by atoms with van der Waals surface area (Å²) in [4.78, 5) is 0. The van der Waals surface area contributed by atoms with Crippen LogP contribution in [0.15, 0.2) is 38.8 Å². The van der Waals surface area contributed by atoms with Crippen LogP contribution in [0.4, 0.5) is 5.69 Å². The minimum Gasteiger partial charge on any atom is -0.277 e. The molecule has 3 aromatic rings. The Morgan fingerprint density at radius 2 is 1.83 bits per heavy atom. The Hall–Kier alpha value is -1.66. The summed E-state index contributed by atoms with van der Waals surface area (Å²) in [7, 11) is -7.94. The van der Waals surface area contributed by atoms with Gasteiger partial charge in [-0.2, -0.15) is 5.10 Å². The summed E-state index contributed by atoms with van der Waals surface area (Å²) in [6, 6.07) is 7.13. The van der Waals surface area contributed by atoms with Gasteiger partial charge in [0.05, 0.1) is 5.69 Å². The first-order valence-electron chi connectivity index (χ1n) is 5.96. The molecule has 3 rings (SSSR count). The fraction of sp³-hybridized carbons (Fsp3) is 0. The molecule has 0 aliphatic rings. The highest BCUT2D eigenvalue weighted by Crippen LogP contribution is 2.30. The molecule has 23 heavy (non-hydrogen) atoms. The predicted molar refractivity (Wildman–Crippen MR) is 87.6 cm³/mol. The Labute approximate surface area is 140 Å². The normalized spacial score (nSPS) is 12.6. The smallest absolute Gasteiger partial charge is 0.271 e. The molecule has 122 valence electrons. The van der Waals surface area contributed by atoms with Gasteiger partial charge < -0.3 is 0 Å². The van der Waals surface area contributed by atoms with Crippen molar-refractivity contribution in [1.82, 2.24) is 10.2 Å². The first-order chi connectivity index (χ1) is 10.7. The fourth-order valence-electron chi connectivity index (χ4n) is 1.88. The topological polar surface area (TPSA) is 135 Å². The van der Waals surface area contributed by atoms with E-state index < -0.39 is 20.0 Å². The van der Waals surface area contributed by atoms with Gasteiger partial charge in [0.25, 0.3) is 10.0 Å². The van der Waals surface area contributed by atoms with Gasteiger partial charge in [-0.3, -0.25) is 9.82 Å². The highest BCUT2D eigenvalue weighted by molar-refractivity contribution is 7.96. The molecule has 12 heteroatoms. The monoisotopic (exact) mass is 392 g/mol. The SMILES string of the molecule is NS(=O)(=O)c1ccc(S(=O)(=O)Nc2cccc3c(Cl)[nH]nc23)s1. The quantitative estimate of drug-likeness (QED) is 0.621. The summed E-state index contributed by atoms with van der Waals surface area (Å²) >= 11 is 6.47. The number of nitrogens with one attached hydrogen (secondary N) is 2. The van der Waals surface area contributed by atoms with Crippen molar-refractivity contribution in [2.24, 2.45) is 5.14 Å². The van der Waals surface area contributed by atoms with E-state index in [0.717, 1.165) is 6.07 Å². The lowest BCUT2D eigenvalue weighted by atomic mass is 10.2. The molecule has 4 N–H and O–H groups in total. The molecule has 0 unspecified atom stereocenters. The number of aromatic amines is 1. The molecule has 0 spiro atoms. The van der Waals surface area contributed by atoms with Gasteiger partial charge in [0.15, 0.2) is 0 Å². The van der Waals surface area contributed by atoms with E-state index in [-0.39, 0.29) is 19.3 Å². The molecule has 0 saturated heterocycles. The number of H-pyrrole nitrogens is 1. The number of benzene rings is 1. The van der Waals surface area contributed by atoms with E-state index in [1.165, 1.54) is 12.1 Å². The Kier molecular flexibility index (Phi) is 3.84. The molecule has 2 heterocycles. The molecule has 8 nitrogen and oxygen atoms in total. The van der Waals surface area contributed by atoms with Crippen LogP contribution in [0.3, 0.4) is 0 Å². The molecule has 0 atom stereocenters. The van der Waals surface area contributed by atoms with E-state index in [2.05, 4.69) is 14.9 Å². The van der Waals surface area contributed by atoms with Gasteiger partial charge >= 0.3 is 0 Å². The van der Waals surface area contributed by atoms with Crippen molar-refractivity contribution in [2.75, 3.05) is 4.72 Å². The van der Waals surface area contributed by atoms with Crippen LogP contribution in [0.5, 0.6) is 0 Å². The van der Waals surface area contributed by atoms with Crippen molar-refractivity contribution in [1.29, 1.82) is 0 Å². The second kappa shape index (κ2) is 5.46. The Bertz CT molecular complexity index is 1100. The van der Waals surface area contributed by atoms with Crippen molar-refractivity contribution in [3.63, 3.8) is 0 Å². The summed E-state index contributed by atoms with van der Waals surface area (Å²) in [5, 5.41) is 12.3. The van der Waals surface area contributed by atoms with E-state index in [1.54, 1.807) is 12.1 Å². The number of nitrogens with two attached hydrogens (primary N) is 1. The van der Waals surface area contributed by atoms with Crippen molar-refractivity contribution in [3.05, 3.63) is 35.5 Å². The number of para-hydroxylation sites is 1. The van der Waals surface area contributed by atoms with E-state index in [4.69, 9.17) is 16.7 Å². The number of primary sulfonamides is 1. The maximum Gasteiger partial charge on any atom is 0.271 e. The summed E-state index contributed by atoms with van der Waals surface area (Å²) in [6.45, 7) is 0. The summed E-state index contributed by atoms with van der Waals surface area (Å²) < 4.78 is 49.2. The summed E-state index contributed by atoms with van der Waals surface area (Å²) in [6.07, 6.45) is 0. The van der Waals surface area contributed by atoms with E-state index in [0.29, 0.717) is 22.2 Å². The molecular weight excluding hydrogens is 384 g/mol. The zero-order valence-electron chi connectivity index (χ0n) is 11.1. The number of hydrogen-bond acceptors (Lipinski definition) is 6. The molecule has 2 aromatic heterocycles. The molecule has 0 fully saturated rings. The van der Waals surface area contributed by atoms with E-state index >= 15 is 0 Å². The predicted octanol–water partition coefficient (Wildman–Crippen LogP) is 1.73. The second-order valence-electron chi connectivity index (χ2n) is 4.46. The molecule has 1 aromatic carbocycles. The minimum atomic E-state index is -3.98. The largest absolute Gasteiger partial charge is 0.277 e. The number of aromatic nitrogens is 2. The lowest BCUT2D eigenvalue weighted by molar-refractivity contribution is 0.599. The minimum absolute atomic E-state index is 0.180. The first-order valence-corrected chi connectivity index (χ1v) is 10.2. The number of sulfonamides is 2. The van der Waals surface area contributed by atoms with Crippen molar-refractivity contribution >= 4 is 59.6 Å². The van der Waals surface area contributed by atoms with Gasteiger partial charge in [-0.15, -0.1) is 11.3 Å². The van der Waals surface area contributed by atoms with Crippen LogP contribution in [0.2, 0.25) is 5.15 Å². The third kappa shape index (κ3) is 3.05. The van der Waals surface area contributed by atoms with Crippen LogP contribution >= 0.6 is 22.9 Å². The summed E-state index contributed by atoms with van der Waals surface area (Å²) in [5.74, 6) is 0. The van der Waals surface area contributed by atoms with Crippen molar-refractivity contribution in [3.8, 4) is 0 Å². The van der Waals surface area contributed by atoms with E-state index in [1.807, 2.05) is 0 Å². The Balaban J connectivity index is 2.02. The van der Waals surface area contributed by atoms with Crippen LogP contribution in [-0.4, -0.2) is 27.0 Å². The lowest BCUT2D eigenvalue weighted by Crippen LogP contribution is -2.12. The maximum absolute atomic E-state index is 12.4. The fourth-order valence-corrected chi connectivity index (χ4v) is 5.33. The average Bonchev–Trinajstić information content (AvgIpc) is 3.07. The number of hydrogen-bond donors (Lipinski definition) is 3. The van der Waals surface area contributed by atoms with E-state index in [9.17, 15) is 16.8 Å². The van der Waals surface area contributed by atoms with Crippen LogP contribution in [-0.2, 0) is 20.0 Å². The van der Waals surface area contributed by atoms with Gasteiger partial charge in [-0.1, -0.05) is 17.7 Å². The third-order valence-corrected chi connectivity index (χ3v) is 7.55. The number of thiophene rings is 1. The van der Waals surface area contributed by atoms with Gasteiger partial charge in [0.2, 0.25) is 10.0 Å². The van der Waals surface area contributed by atoms with Crippen molar-refractivity contribution in [2.45, 2.75) is 8.42 Å². The third-order valence-electron chi connectivity index (χ3n) is 2.88. The molecular formula is C11H9ClN4O4S3. The van der Waals surface area contributed by atoms with Gasteiger partial charge in [-0.05, 0) is 24.3 Å². The molecule has 0 saturated carbocycles. The van der Waals surface area contributed by atoms with Gasteiger partial charge in [0, 0.05) is 5.39 Å². The molecule has 0 bridgehead atoms. The van der Waals surface area contributed by atoms with Crippen LogP contribution in [0, 0.1) is 0 Å². The van der Waals surface area contributed by atoms with Crippen LogP contribution < -0.4 is 9.86 Å². The number of nitrogens with zero attached hydrogens (tertiary/aromatic N) is 1. The van der Waals surface area contributed by atoms with Crippen molar-refractivity contribution < 1.29 is 16.8 Å². The number of anilines is 1. The lowest BCUT2D eigenvalue weighted by Gasteiger charge is -2.06. The number of halogens is 1. The molecule has 0 aliphatic heterocycles. The average molecular weight is 393 g/mol. The number of rotatable bonds is 4. The zero-order chi connectivity index (χ0) is 16.8. The van der Waals surface area contributed by atoms with Gasteiger partial charge in [-0.25, -0.2) is 22.0 Å². The highest BCUT2D eigenvalue weighted by Gasteiger charge is 2.22. The summed E-state index contributed by atoms with van der Waals surface area (Å²) in [5.41, 5.74) is 0.570. The number of fused-ring (bicyclic) bond motifs is 1. The second-order valence-corrected chi connectivity index (χ2v) is 9.62. The zero-order valence-corrected chi connectivity index (χ0v) is 14.4. The standard InChI is InChI=1S/C11H9ClN4O4S3/c12-11-6-2-1-3-7(10(6)14-15-11)16-23(19,20)9-5-4-8(21-9)22(13,17)18/h1-5,16H,(H,14,15)(H2,13,17,18). The molecule has 0 aliphatic carbocycles. The van der Waals surface area contributed by atoms with Gasteiger partial charge in [0.1, 0.15) is 19.1 Å². The molecule has 0 amide bonds. The highest BCUT2D eigenvalue weighted by atomic mass is 35.5. The molecule has 0 radical (unpaired) electrons. The Morgan fingerprint density at radius 1 is 1.13 bits per heavy atom. The van der Waals surface area contributed by atoms with Crippen LogP contribution in [0.25, 0.3) is 10.9 Å². The first kappa shape index (κ1) is 16.2. The maximum atomic E-state index is 12.4. The van der Waals surface area contributed by atoms with Crippen LogP contribution in [0.1, 0.15) is 0 Å². The Morgan fingerprint density at radius 3 is 2.48 bits per heavy atom.